The molecular weight excluding hydrogens is 351 g/mol. The van der Waals surface area contributed by atoms with Gasteiger partial charge in [-0.3, -0.25) is 4.52 Å². The van der Waals surface area contributed by atoms with Gasteiger partial charge in [0.05, 0.1) is 27.0 Å². The van der Waals surface area contributed by atoms with E-state index in [1.54, 1.807) is 32.4 Å². The Hall–Kier alpha value is -1.19. The van der Waals surface area contributed by atoms with Gasteiger partial charge in [0.25, 0.3) is 0 Å². The van der Waals surface area contributed by atoms with E-state index in [-0.39, 0.29) is 0 Å². The van der Waals surface area contributed by atoms with Crippen molar-refractivity contribution in [1.29, 1.82) is 0 Å². The molecule has 0 bridgehead atoms. The Morgan fingerprint density at radius 3 is 2.00 bits per heavy atom. The molecule has 0 N–H and O–H groups in total. The summed E-state index contributed by atoms with van der Waals surface area (Å²) in [6.07, 6.45) is 9.03. The lowest BCUT2D eigenvalue weighted by Crippen LogP contribution is -2.06. The van der Waals surface area contributed by atoms with Crippen molar-refractivity contribution in [2.75, 3.05) is 27.0 Å². The highest BCUT2D eigenvalue weighted by molar-refractivity contribution is 7.54. The van der Waals surface area contributed by atoms with Crippen LogP contribution >= 0.6 is 7.60 Å². The maximum atomic E-state index is 13.3. The van der Waals surface area contributed by atoms with Crippen LogP contribution in [0.1, 0.15) is 65.2 Å². The first-order valence-electron chi connectivity index (χ1n) is 9.74. The molecule has 0 fully saturated rings. The van der Waals surface area contributed by atoms with E-state index in [1.165, 1.54) is 25.7 Å². The molecular formula is C20H35O5P. The van der Waals surface area contributed by atoms with Crippen molar-refractivity contribution >= 4 is 7.60 Å². The summed E-state index contributed by atoms with van der Waals surface area (Å²) in [6, 6.07) is 5.32. The number of rotatable bonds is 15. The van der Waals surface area contributed by atoms with E-state index < -0.39 is 7.60 Å². The third-order valence-corrected chi connectivity index (χ3v) is 6.09. The maximum Gasteiger partial charge on any atom is 0.379 e. The number of hydrogen-bond donors (Lipinski definition) is 0. The van der Waals surface area contributed by atoms with Crippen LogP contribution in [0.3, 0.4) is 0 Å². The Morgan fingerprint density at radius 1 is 0.846 bits per heavy atom. The van der Waals surface area contributed by atoms with E-state index in [0.717, 1.165) is 25.7 Å². The van der Waals surface area contributed by atoms with Crippen LogP contribution in [0.2, 0.25) is 0 Å². The van der Waals surface area contributed by atoms with E-state index in [2.05, 4.69) is 13.8 Å². The highest BCUT2D eigenvalue weighted by atomic mass is 31.2. The van der Waals surface area contributed by atoms with Gasteiger partial charge in [-0.2, -0.15) is 0 Å². The Morgan fingerprint density at radius 2 is 1.42 bits per heavy atom. The normalized spacial score (nSPS) is 13.2. The molecule has 0 spiro atoms. The smallest absolute Gasteiger partial charge is 0.379 e. The van der Waals surface area contributed by atoms with E-state index in [1.807, 2.05) is 0 Å². The second-order valence-electron chi connectivity index (χ2n) is 6.37. The van der Waals surface area contributed by atoms with Crippen LogP contribution in [-0.4, -0.2) is 27.0 Å². The molecule has 0 heterocycles. The van der Waals surface area contributed by atoms with E-state index in [9.17, 15) is 4.57 Å². The summed E-state index contributed by atoms with van der Waals surface area (Å²) in [5.41, 5.74) is 0. The summed E-state index contributed by atoms with van der Waals surface area (Å²) < 4.78 is 35.6. The molecule has 6 heteroatoms. The quantitative estimate of drug-likeness (QED) is 0.256. The Bertz CT molecular complexity index is 525. The Kier molecular flexibility index (Phi) is 11.5. The number of para-hydroxylation sites is 1. The van der Waals surface area contributed by atoms with Crippen molar-refractivity contribution in [1.82, 2.24) is 0 Å². The van der Waals surface area contributed by atoms with Gasteiger partial charge in [-0.15, -0.1) is 0 Å². The van der Waals surface area contributed by atoms with E-state index in [4.69, 9.17) is 18.5 Å². The molecule has 26 heavy (non-hydrogen) atoms. The van der Waals surface area contributed by atoms with Crippen LogP contribution in [0.25, 0.3) is 0 Å². The van der Waals surface area contributed by atoms with Gasteiger partial charge in [-0.25, -0.2) is 4.57 Å². The second kappa shape index (κ2) is 13.1. The molecule has 0 saturated heterocycles. The fourth-order valence-corrected chi connectivity index (χ4v) is 4.46. The van der Waals surface area contributed by atoms with Crippen LogP contribution in [0.15, 0.2) is 18.2 Å². The van der Waals surface area contributed by atoms with E-state index in [0.29, 0.717) is 30.0 Å². The highest BCUT2D eigenvalue weighted by Crippen LogP contribution is 2.53. The lowest BCUT2D eigenvalue weighted by molar-refractivity contribution is 0.250. The SMILES string of the molecule is CCCCCCCCOP(=O)(CCCC)Oc1c(OC)cccc1OC. The van der Waals surface area contributed by atoms with Crippen molar-refractivity contribution in [2.45, 2.75) is 65.2 Å². The first-order chi connectivity index (χ1) is 12.6. The van der Waals surface area contributed by atoms with E-state index >= 15 is 0 Å². The van der Waals surface area contributed by atoms with Crippen LogP contribution in [0.4, 0.5) is 0 Å². The minimum Gasteiger partial charge on any atom is -0.493 e. The van der Waals surface area contributed by atoms with Gasteiger partial charge < -0.3 is 14.0 Å². The van der Waals surface area contributed by atoms with Crippen molar-refractivity contribution in [3.05, 3.63) is 18.2 Å². The maximum absolute atomic E-state index is 13.3. The summed E-state index contributed by atoms with van der Waals surface area (Å²) in [5.74, 6) is 1.33. The number of ether oxygens (including phenoxy) is 2. The largest absolute Gasteiger partial charge is 0.493 e. The Balaban J connectivity index is 2.72. The summed E-state index contributed by atoms with van der Waals surface area (Å²) in [6.45, 7) is 4.71. The van der Waals surface area contributed by atoms with Gasteiger partial charge in [0.2, 0.25) is 5.75 Å². The predicted molar refractivity (Wildman–Crippen MR) is 107 cm³/mol. The molecule has 0 aliphatic heterocycles. The molecule has 1 atom stereocenters. The van der Waals surface area contributed by atoms with Gasteiger partial charge >= 0.3 is 7.60 Å². The monoisotopic (exact) mass is 386 g/mol. The first kappa shape index (κ1) is 22.9. The minimum absolute atomic E-state index is 0.347. The van der Waals surface area contributed by atoms with Crippen molar-refractivity contribution in [3.8, 4) is 17.2 Å². The zero-order valence-electron chi connectivity index (χ0n) is 16.8. The highest BCUT2D eigenvalue weighted by Gasteiger charge is 2.28. The van der Waals surface area contributed by atoms with Crippen LogP contribution < -0.4 is 14.0 Å². The number of methoxy groups -OCH3 is 2. The lowest BCUT2D eigenvalue weighted by Gasteiger charge is -2.22. The second-order valence-corrected chi connectivity index (χ2v) is 8.48. The van der Waals surface area contributed by atoms with Crippen molar-refractivity contribution < 1.29 is 23.1 Å². The van der Waals surface area contributed by atoms with Gasteiger partial charge in [0.1, 0.15) is 0 Å². The summed E-state index contributed by atoms with van der Waals surface area (Å²) in [4.78, 5) is 0. The molecule has 150 valence electrons. The van der Waals surface area contributed by atoms with Crippen molar-refractivity contribution in [3.63, 3.8) is 0 Å². The van der Waals surface area contributed by atoms with Gasteiger partial charge in [0, 0.05) is 0 Å². The van der Waals surface area contributed by atoms with Gasteiger partial charge in [-0.1, -0.05) is 58.4 Å². The van der Waals surface area contributed by atoms with Crippen LogP contribution in [0, 0.1) is 0 Å². The fraction of sp³-hybridized carbons (Fsp3) is 0.700. The molecule has 0 saturated carbocycles. The third kappa shape index (κ3) is 8.01. The predicted octanol–water partition coefficient (Wildman–Crippen LogP) is 6.45. The number of hydrogen-bond acceptors (Lipinski definition) is 5. The molecule has 0 amide bonds. The topological polar surface area (TPSA) is 54.0 Å². The molecule has 0 aliphatic carbocycles. The number of unbranched alkanes of at least 4 members (excludes halogenated alkanes) is 6. The minimum atomic E-state index is -3.26. The average Bonchev–Trinajstić information content (AvgIpc) is 2.66. The molecule has 1 aromatic rings. The average molecular weight is 386 g/mol. The molecule has 1 rings (SSSR count). The molecule has 0 aliphatic rings. The molecule has 0 radical (unpaired) electrons. The van der Waals surface area contributed by atoms with Crippen molar-refractivity contribution in [2.24, 2.45) is 0 Å². The van der Waals surface area contributed by atoms with Crippen LogP contribution in [0.5, 0.6) is 17.2 Å². The molecule has 0 aromatic heterocycles. The summed E-state index contributed by atoms with van der Waals surface area (Å²) in [5, 5.41) is 0. The molecule has 1 unspecified atom stereocenters. The van der Waals surface area contributed by atoms with Gasteiger partial charge in [-0.05, 0) is 25.0 Å². The standard InChI is InChI=1S/C20H35O5P/c1-5-7-9-10-11-12-16-24-26(21,17-8-6-2)25-20-18(22-3)14-13-15-19(20)23-4/h13-15H,5-12,16-17H2,1-4H3. The zero-order valence-corrected chi connectivity index (χ0v) is 17.7. The third-order valence-electron chi connectivity index (χ3n) is 4.18. The summed E-state index contributed by atoms with van der Waals surface area (Å²) >= 11 is 0. The fourth-order valence-electron chi connectivity index (χ4n) is 2.62. The molecule has 5 nitrogen and oxygen atoms in total. The lowest BCUT2D eigenvalue weighted by atomic mass is 10.1. The number of benzene rings is 1. The molecule has 1 aromatic carbocycles. The first-order valence-corrected chi connectivity index (χ1v) is 11.5. The van der Waals surface area contributed by atoms with Gasteiger partial charge in [0.15, 0.2) is 11.5 Å². The zero-order chi connectivity index (χ0) is 19.3. The Labute approximate surface area is 158 Å². The van der Waals surface area contributed by atoms with Crippen LogP contribution in [-0.2, 0) is 9.09 Å². The summed E-state index contributed by atoms with van der Waals surface area (Å²) in [7, 11) is -0.157.